The lowest BCUT2D eigenvalue weighted by molar-refractivity contribution is 0.594. The number of anilines is 1. The molecule has 0 aliphatic rings. The maximum absolute atomic E-state index is 13.5. The second kappa shape index (κ2) is 6.58. The van der Waals surface area contributed by atoms with Gasteiger partial charge in [-0.1, -0.05) is 15.9 Å². The first-order valence-corrected chi connectivity index (χ1v) is 6.66. The number of hydrogen-bond acceptors (Lipinski definition) is 4. The van der Waals surface area contributed by atoms with Crippen molar-refractivity contribution in [3.8, 4) is 0 Å². The van der Waals surface area contributed by atoms with Gasteiger partial charge in [-0.25, -0.2) is 14.4 Å². The lowest BCUT2D eigenvalue weighted by Gasteiger charge is -2.06. The van der Waals surface area contributed by atoms with Crippen LogP contribution in [0.5, 0.6) is 0 Å². The summed E-state index contributed by atoms with van der Waals surface area (Å²) < 4.78 is 14.4. The van der Waals surface area contributed by atoms with E-state index in [1.54, 1.807) is 24.4 Å². The number of nitrogens with zero attached hydrogens (tertiary/aromatic N) is 2. The molecule has 1 aromatic heterocycles. The van der Waals surface area contributed by atoms with Crippen LogP contribution in [0.4, 0.5) is 10.2 Å². The summed E-state index contributed by atoms with van der Waals surface area (Å²) in [7, 11) is 0. The minimum atomic E-state index is -0.190. The van der Waals surface area contributed by atoms with E-state index in [-0.39, 0.29) is 5.82 Å². The summed E-state index contributed by atoms with van der Waals surface area (Å²) in [5.74, 6) is 0.893. The minimum absolute atomic E-state index is 0.190. The van der Waals surface area contributed by atoms with Crippen molar-refractivity contribution in [2.75, 3.05) is 12.3 Å². The van der Waals surface area contributed by atoms with Crippen molar-refractivity contribution in [1.82, 2.24) is 15.3 Å². The van der Waals surface area contributed by atoms with Crippen molar-refractivity contribution in [2.45, 2.75) is 13.0 Å². The van der Waals surface area contributed by atoms with Crippen LogP contribution in [0.25, 0.3) is 0 Å². The molecule has 19 heavy (non-hydrogen) atoms. The Hall–Kier alpha value is -1.53. The molecule has 0 atom stereocenters. The zero-order valence-electron chi connectivity index (χ0n) is 10.2. The second-order valence-corrected chi connectivity index (χ2v) is 4.98. The number of aromatic nitrogens is 2. The van der Waals surface area contributed by atoms with Gasteiger partial charge in [0.05, 0.1) is 6.54 Å². The van der Waals surface area contributed by atoms with Crippen molar-refractivity contribution < 1.29 is 4.39 Å². The topological polar surface area (TPSA) is 63.8 Å². The summed E-state index contributed by atoms with van der Waals surface area (Å²) in [5, 5.41) is 3.16. The average Bonchev–Trinajstić information content (AvgIpc) is 2.39. The van der Waals surface area contributed by atoms with E-state index in [0.717, 1.165) is 4.47 Å². The number of halogens is 2. The van der Waals surface area contributed by atoms with Gasteiger partial charge in [-0.15, -0.1) is 0 Å². The minimum Gasteiger partial charge on any atom is -0.384 e. The van der Waals surface area contributed by atoms with Crippen LogP contribution in [0.3, 0.4) is 0 Å². The molecule has 0 unspecified atom stereocenters. The Kier molecular flexibility index (Phi) is 4.81. The first kappa shape index (κ1) is 13.9. The van der Waals surface area contributed by atoms with Crippen LogP contribution >= 0.6 is 15.9 Å². The predicted octanol–water partition coefficient (Wildman–Crippen LogP) is 2.29. The third-order valence-electron chi connectivity index (χ3n) is 2.59. The first-order valence-electron chi connectivity index (χ1n) is 5.87. The molecule has 0 saturated carbocycles. The highest BCUT2D eigenvalue weighted by molar-refractivity contribution is 9.10. The summed E-state index contributed by atoms with van der Waals surface area (Å²) in [6.07, 6.45) is 2.22. The van der Waals surface area contributed by atoms with Gasteiger partial charge in [0.15, 0.2) is 0 Å². The van der Waals surface area contributed by atoms with E-state index in [4.69, 9.17) is 5.73 Å². The van der Waals surface area contributed by atoms with Crippen LogP contribution in [-0.4, -0.2) is 16.5 Å². The van der Waals surface area contributed by atoms with Gasteiger partial charge in [-0.05, 0) is 42.8 Å². The molecule has 2 rings (SSSR count). The molecule has 0 aliphatic carbocycles. The van der Waals surface area contributed by atoms with Gasteiger partial charge in [0.1, 0.15) is 17.5 Å². The second-order valence-electron chi connectivity index (χ2n) is 4.06. The monoisotopic (exact) mass is 324 g/mol. The lowest BCUT2D eigenvalue weighted by Crippen LogP contribution is -2.19. The molecule has 0 saturated heterocycles. The molecule has 0 spiro atoms. The van der Waals surface area contributed by atoms with Gasteiger partial charge in [0.25, 0.3) is 0 Å². The van der Waals surface area contributed by atoms with Crippen molar-refractivity contribution in [2.24, 2.45) is 0 Å². The highest BCUT2D eigenvalue weighted by Gasteiger charge is 2.03. The Labute approximate surface area is 119 Å². The molecule has 0 amide bonds. The van der Waals surface area contributed by atoms with Crippen LogP contribution in [0.2, 0.25) is 0 Å². The highest BCUT2D eigenvalue weighted by atomic mass is 79.9. The molecule has 1 aromatic carbocycles. The van der Waals surface area contributed by atoms with Gasteiger partial charge in [-0.2, -0.15) is 0 Å². The lowest BCUT2D eigenvalue weighted by atomic mass is 10.1. The van der Waals surface area contributed by atoms with Crippen LogP contribution < -0.4 is 11.1 Å². The fraction of sp³-hybridized carbons (Fsp3) is 0.231. The molecule has 3 N–H and O–H groups in total. The number of nitrogens with two attached hydrogens (primary N) is 1. The predicted molar refractivity (Wildman–Crippen MR) is 76.0 cm³/mol. The average molecular weight is 325 g/mol. The molecule has 6 heteroatoms. The first-order chi connectivity index (χ1) is 9.15. The Balaban J connectivity index is 1.82. The smallest absolute Gasteiger partial charge is 0.144 e. The van der Waals surface area contributed by atoms with Crippen LogP contribution in [0, 0.1) is 5.82 Å². The van der Waals surface area contributed by atoms with E-state index in [1.165, 1.54) is 6.07 Å². The Morgan fingerprint density at radius 3 is 2.95 bits per heavy atom. The van der Waals surface area contributed by atoms with Gasteiger partial charge < -0.3 is 11.1 Å². The standard InChI is InChI=1S/C13H14BrFN4/c14-10-1-2-11(15)9(7-10)3-5-17-8-13-18-6-4-12(16)19-13/h1-2,4,6-7,17H,3,5,8H2,(H2,16,18,19). The Morgan fingerprint density at radius 2 is 2.16 bits per heavy atom. The molecule has 1 heterocycles. The third-order valence-corrected chi connectivity index (χ3v) is 3.08. The fourth-order valence-electron chi connectivity index (χ4n) is 1.66. The number of rotatable bonds is 5. The summed E-state index contributed by atoms with van der Waals surface area (Å²) >= 11 is 3.33. The summed E-state index contributed by atoms with van der Waals surface area (Å²) in [6.45, 7) is 1.16. The van der Waals surface area contributed by atoms with Crippen molar-refractivity contribution >= 4 is 21.7 Å². The van der Waals surface area contributed by atoms with Gasteiger partial charge in [0, 0.05) is 10.7 Å². The Bertz CT molecular complexity index is 562. The SMILES string of the molecule is Nc1ccnc(CNCCc2cc(Br)ccc2F)n1. The van der Waals surface area contributed by atoms with E-state index >= 15 is 0 Å². The normalized spacial score (nSPS) is 10.6. The van der Waals surface area contributed by atoms with Crippen LogP contribution in [0.15, 0.2) is 34.9 Å². The molecular formula is C13H14BrFN4. The number of benzene rings is 1. The molecule has 0 aliphatic heterocycles. The van der Waals surface area contributed by atoms with Gasteiger partial charge in [0.2, 0.25) is 0 Å². The highest BCUT2D eigenvalue weighted by Crippen LogP contribution is 2.15. The molecule has 2 aromatic rings. The largest absolute Gasteiger partial charge is 0.384 e. The summed E-state index contributed by atoms with van der Waals surface area (Å²) in [4.78, 5) is 8.15. The number of nitrogens with one attached hydrogen (secondary N) is 1. The quantitative estimate of drug-likeness (QED) is 0.828. The zero-order chi connectivity index (χ0) is 13.7. The van der Waals surface area contributed by atoms with E-state index in [9.17, 15) is 4.39 Å². The molecule has 4 nitrogen and oxygen atoms in total. The fourth-order valence-corrected chi connectivity index (χ4v) is 2.07. The molecule has 0 bridgehead atoms. The van der Waals surface area contributed by atoms with E-state index in [0.29, 0.717) is 36.7 Å². The van der Waals surface area contributed by atoms with E-state index in [2.05, 4.69) is 31.2 Å². The van der Waals surface area contributed by atoms with Crippen molar-refractivity contribution in [1.29, 1.82) is 0 Å². The van der Waals surface area contributed by atoms with Crippen molar-refractivity contribution in [3.63, 3.8) is 0 Å². The summed E-state index contributed by atoms with van der Waals surface area (Å²) in [6, 6.07) is 6.57. The molecular weight excluding hydrogens is 311 g/mol. The maximum Gasteiger partial charge on any atom is 0.144 e. The van der Waals surface area contributed by atoms with Crippen LogP contribution in [0.1, 0.15) is 11.4 Å². The van der Waals surface area contributed by atoms with Crippen molar-refractivity contribution in [3.05, 3.63) is 52.1 Å². The number of nitrogen functional groups attached to an aromatic ring is 1. The van der Waals surface area contributed by atoms with Gasteiger partial charge in [-0.3, -0.25) is 0 Å². The Morgan fingerprint density at radius 1 is 1.32 bits per heavy atom. The molecule has 100 valence electrons. The van der Waals surface area contributed by atoms with E-state index < -0.39 is 0 Å². The van der Waals surface area contributed by atoms with E-state index in [1.807, 2.05) is 0 Å². The zero-order valence-corrected chi connectivity index (χ0v) is 11.8. The summed E-state index contributed by atoms with van der Waals surface area (Å²) in [5.41, 5.74) is 6.23. The van der Waals surface area contributed by atoms with Crippen LogP contribution in [-0.2, 0) is 13.0 Å². The maximum atomic E-state index is 13.5. The number of hydrogen-bond donors (Lipinski definition) is 2. The molecule has 0 radical (unpaired) electrons. The molecule has 0 fully saturated rings. The third kappa shape index (κ3) is 4.25. The van der Waals surface area contributed by atoms with Gasteiger partial charge >= 0.3 is 0 Å².